The van der Waals surface area contributed by atoms with Crippen LogP contribution in [-0.2, 0) is 4.79 Å². The summed E-state index contributed by atoms with van der Waals surface area (Å²) in [4.78, 5) is 33.8. The second-order valence-electron chi connectivity index (χ2n) is 7.62. The van der Waals surface area contributed by atoms with Crippen molar-refractivity contribution >= 4 is 11.8 Å². The zero-order valence-corrected chi connectivity index (χ0v) is 16.5. The first-order valence-electron chi connectivity index (χ1n) is 9.96. The van der Waals surface area contributed by atoms with Crippen molar-refractivity contribution in [3.05, 3.63) is 47.4 Å². The number of pyridine rings is 1. The molecule has 7 nitrogen and oxygen atoms in total. The van der Waals surface area contributed by atoms with Crippen molar-refractivity contribution in [2.45, 2.75) is 32.7 Å². The van der Waals surface area contributed by atoms with E-state index in [2.05, 4.69) is 10.3 Å². The van der Waals surface area contributed by atoms with Gasteiger partial charge in [-0.25, -0.2) is 4.98 Å². The Morgan fingerprint density at radius 2 is 2.11 bits per heavy atom. The van der Waals surface area contributed by atoms with E-state index in [1.165, 1.54) is 0 Å². The van der Waals surface area contributed by atoms with Crippen molar-refractivity contribution in [3.63, 3.8) is 0 Å². The van der Waals surface area contributed by atoms with Gasteiger partial charge in [-0.05, 0) is 44.9 Å². The summed E-state index contributed by atoms with van der Waals surface area (Å²) in [6, 6.07) is 7.84. The minimum atomic E-state index is 0.0440. The van der Waals surface area contributed by atoms with Gasteiger partial charge in [0.25, 0.3) is 5.91 Å². The summed E-state index contributed by atoms with van der Waals surface area (Å²) >= 11 is 0. The summed E-state index contributed by atoms with van der Waals surface area (Å²) in [7, 11) is 0. The summed E-state index contributed by atoms with van der Waals surface area (Å²) in [5.41, 5.74) is 2.61. The van der Waals surface area contributed by atoms with Crippen LogP contribution in [0.3, 0.4) is 0 Å². The molecule has 1 N–H and O–H groups in total. The molecule has 0 spiro atoms. The molecule has 0 bridgehead atoms. The number of carbonyl (C=O) groups is 2. The molecule has 2 aromatic rings. The lowest BCUT2D eigenvalue weighted by Crippen LogP contribution is -2.57. The Morgan fingerprint density at radius 1 is 1.25 bits per heavy atom. The molecule has 2 aliphatic heterocycles. The van der Waals surface area contributed by atoms with Gasteiger partial charge in [0.2, 0.25) is 5.91 Å². The van der Waals surface area contributed by atoms with Crippen molar-refractivity contribution in [1.29, 1.82) is 0 Å². The van der Waals surface area contributed by atoms with E-state index in [1.54, 1.807) is 6.20 Å². The highest BCUT2D eigenvalue weighted by Gasteiger charge is 2.32. The SMILES string of the molecule is Cc1cc(C(=O)N2CCCC(N3CCNCC3=O)C2)c(C)n1-c1ccccn1. The largest absolute Gasteiger partial charge is 0.337 e. The minimum absolute atomic E-state index is 0.0440. The number of hydrogen-bond donors (Lipinski definition) is 1. The smallest absolute Gasteiger partial charge is 0.255 e. The minimum Gasteiger partial charge on any atom is -0.337 e. The fourth-order valence-electron chi connectivity index (χ4n) is 4.39. The van der Waals surface area contributed by atoms with Crippen molar-refractivity contribution in [3.8, 4) is 5.82 Å². The molecule has 7 heteroatoms. The normalized spacial score (nSPS) is 20.5. The predicted octanol–water partition coefficient (Wildman–Crippen LogP) is 1.53. The third kappa shape index (κ3) is 3.42. The van der Waals surface area contributed by atoms with E-state index < -0.39 is 0 Å². The van der Waals surface area contributed by atoms with Gasteiger partial charge in [-0.2, -0.15) is 0 Å². The first kappa shape index (κ1) is 18.7. The molecule has 0 aliphatic carbocycles. The number of nitrogens with one attached hydrogen (secondary N) is 1. The average Bonchev–Trinajstić information content (AvgIpc) is 3.02. The average molecular weight is 381 g/mol. The lowest BCUT2D eigenvalue weighted by atomic mass is 10.0. The first-order chi connectivity index (χ1) is 13.6. The Bertz CT molecular complexity index is 876. The molecule has 0 saturated carbocycles. The summed E-state index contributed by atoms with van der Waals surface area (Å²) in [5, 5.41) is 3.11. The molecule has 28 heavy (non-hydrogen) atoms. The zero-order valence-electron chi connectivity index (χ0n) is 16.5. The first-order valence-corrected chi connectivity index (χ1v) is 9.96. The number of nitrogens with zero attached hydrogens (tertiary/aromatic N) is 4. The van der Waals surface area contributed by atoms with Gasteiger partial charge in [0, 0.05) is 49.8 Å². The molecular formula is C21H27N5O2. The molecule has 2 saturated heterocycles. The molecule has 2 aliphatic rings. The number of carbonyl (C=O) groups excluding carboxylic acids is 2. The number of hydrogen-bond acceptors (Lipinski definition) is 4. The number of aryl methyl sites for hydroxylation is 1. The quantitative estimate of drug-likeness (QED) is 0.875. The lowest BCUT2D eigenvalue weighted by molar-refractivity contribution is -0.135. The molecule has 148 valence electrons. The second-order valence-corrected chi connectivity index (χ2v) is 7.62. The summed E-state index contributed by atoms with van der Waals surface area (Å²) < 4.78 is 2.02. The third-order valence-electron chi connectivity index (χ3n) is 5.79. The Balaban J connectivity index is 1.55. The summed E-state index contributed by atoms with van der Waals surface area (Å²) in [5.74, 6) is 1.00. The maximum Gasteiger partial charge on any atom is 0.255 e. The van der Waals surface area contributed by atoms with Crippen LogP contribution < -0.4 is 5.32 Å². The highest BCUT2D eigenvalue weighted by molar-refractivity contribution is 5.96. The fraction of sp³-hybridized carbons (Fsp3) is 0.476. The molecule has 2 aromatic heterocycles. The van der Waals surface area contributed by atoms with E-state index in [0.717, 1.165) is 55.2 Å². The van der Waals surface area contributed by atoms with Crippen molar-refractivity contribution in [2.75, 3.05) is 32.7 Å². The van der Waals surface area contributed by atoms with E-state index >= 15 is 0 Å². The van der Waals surface area contributed by atoms with Crippen LogP contribution in [0.5, 0.6) is 0 Å². The molecule has 0 aromatic carbocycles. The van der Waals surface area contributed by atoms with Crippen LogP contribution in [0.15, 0.2) is 30.5 Å². The van der Waals surface area contributed by atoms with Crippen LogP contribution in [0.2, 0.25) is 0 Å². The van der Waals surface area contributed by atoms with E-state index in [9.17, 15) is 9.59 Å². The Labute approximate surface area is 165 Å². The van der Waals surface area contributed by atoms with E-state index in [4.69, 9.17) is 0 Å². The standard InChI is InChI=1S/C21H27N5O2/c1-15-12-18(16(2)26(15)19-7-3-4-8-23-19)21(28)24-10-5-6-17(14-24)25-11-9-22-13-20(25)27/h3-4,7-8,12,17,22H,5-6,9-11,13-14H2,1-2H3. The fourth-order valence-corrected chi connectivity index (χ4v) is 4.39. The van der Waals surface area contributed by atoms with Gasteiger partial charge in [0.1, 0.15) is 5.82 Å². The van der Waals surface area contributed by atoms with Crippen molar-refractivity contribution < 1.29 is 9.59 Å². The Hall–Kier alpha value is -2.67. The Morgan fingerprint density at radius 3 is 2.86 bits per heavy atom. The van der Waals surface area contributed by atoms with Gasteiger partial charge >= 0.3 is 0 Å². The number of piperidine rings is 1. The molecule has 4 rings (SSSR count). The molecule has 1 atom stereocenters. The predicted molar refractivity (Wildman–Crippen MR) is 107 cm³/mol. The van der Waals surface area contributed by atoms with Crippen LogP contribution in [0.1, 0.15) is 34.6 Å². The number of aromatic nitrogens is 2. The monoisotopic (exact) mass is 381 g/mol. The number of amides is 2. The number of likely N-dealkylation sites (tertiary alicyclic amines) is 1. The van der Waals surface area contributed by atoms with Crippen LogP contribution in [0.4, 0.5) is 0 Å². The maximum atomic E-state index is 13.3. The Kier molecular flexibility index (Phi) is 5.17. The van der Waals surface area contributed by atoms with E-state index in [1.807, 2.05) is 52.5 Å². The molecule has 4 heterocycles. The van der Waals surface area contributed by atoms with E-state index in [-0.39, 0.29) is 17.9 Å². The van der Waals surface area contributed by atoms with Gasteiger partial charge in [-0.1, -0.05) is 6.07 Å². The zero-order chi connectivity index (χ0) is 19.7. The van der Waals surface area contributed by atoms with E-state index in [0.29, 0.717) is 13.1 Å². The van der Waals surface area contributed by atoms with Gasteiger partial charge in [-0.15, -0.1) is 0 Å². The second kappa shape index (κ2) is 7.75. The van der Waals surface area contributed by atoms with Gasteiger partial charge in [-0.3, -0.25) is 9.59 Å². The highest BCUT2D eigenvalue weighted by atomic mass is 16.2. The number of piperazine rings is 1. The van der Waals surface area contributed by atoms with Crippen LogP contribution in [-0.4, -0.2) is 69.9 Å². The molecule has 0 radical (unpaired) electrons. The number of rotatable bonds is 3. The molecular weight excluding hydrogens is 354 g/mol. The lowest BCUT2D eigenvalue weighted by Gasteiger charge is -2.41. The summed E-state index contributed by atoms with van der Waals surface area (Å²) in [6.45, 7) is 7.25. The van der Waals surface area contributed by atoms with Gasteiger partial charge < -0.3 is 19.7 Å². The maximum absolute atomic E-state index is 13.3. The van der Waals surface area contributed by atoms with Gasteiger partial charge in [0.05, 0.1) is 12.1 Å². The topological polar surface area (TPSA) is 70.5 Å². The van der Waals surface area contributed by atoms with Crippen molar-refractivity contribution in [2.24, 2.45) is 0 Å². The highest BCUT2D eigenvalue weighted by Crippen LogP contribution is 2.24. The molecule has 1 unspecified atom stereocenters. The molecule has 2 amide bonds. The third-order valence-corrected chi connectivity index (χ3v) is 5.79. The molecule has 2 fully saturated rings. The van der Waals surface area contributed by atoms with Crippen LogP contribution in [0.25, 0.3) is 5.82 Å². The summed E-state index contributed by atoms with van der Waals surface area (Å²) in [6.07, 6.45) is 3.64. The van der Waals surface area contributed by atoms with Gasteiger partial charge in [0.15, 0.2) is 0 Å². The van der Waals surface area contributed by atoms with Crippen LogP contribution >= 0.6 is 0 Å². The van der Waals surface area contributed by atoms with Crippen molar-refractivity contribution in [1.82, 2.24) is 24.7 Å². The van der Waals surface area contributed by atoms with Crippen LogP contribution in [0, 0.1) is 13.8 Å².